The minimum absolute atomic E-state index is 0.0166. The number of hydrazone groups is 1. The van der Waals surface area contributed by atoms with Gasteiger partial charge in [0, 0.05) is 30.6 Å². The van der Waals surface area contributed by atoms with E-state index in [1.807, 2.05) is 55.5 Å². The molecule has 6 heteroatoms. The summed E-state index contributed by atoms with van der Waals surface area (Å²) in [5.74, 6) is 0.273. The van der Waals surface area contributed by atoms with Gasteiger partial charge in [-0.15, -0.1) is 0 Å². The highest BCUT2D eigenvalue weighted by molar-refractivity contribution is 5.97. The molecule has 0 spiro atoms. The standard InChI is InChI=1S/C21H21N5O/c1-15-7-9-16(10-8-15)20(27)13-19(17-5-4-11-23-14-17)25-26-21(22)18-6-2-3-12-24-18/h2-12,14,19,25H,13H2,1H3,(H2,22,26). The van der Waals surface area contributed by atoms with Gasteiger partial charge in [0.15, 0.2) is 11.6 Å². The van der Waals surface area contributed by atoms with E-state index in [4.69, 9.17) is 5.73 Å². The summed E-state index contributed by atoms with van der Waals surface area (Å²) in [5, 5.41) is 4.23. The maximum Gasteiger partial charge on any atom is 0.169 e. The van der Waals surface area contributed by atoms with Gasteiger partial charge in [-0.1, -0.05) is 42.0 Å². The second-order valence-electron chi connectivity index (χ2n) is 6.17. The van der Waals surface area contributed by atoms with E-state index in [1.165, 1.54) is 0 Å². The molecule has 3 rings (SSSR count). The first kappa shape index (κ1) is 18.3. The van der Waals surface area contributed by atoms with Crippen molar-refractivity contribution < 1.29 is 4.79 Å². The van der Waals surface area contributed by atoms with Gasteiger partial charge in [-0.2, -0.15) is 5.10 Å². The summed E-state index contributed by atoms with van der Waals surface area (Å²) in [5.41, 5.74) is 12.2. The fourth-order valence-electron chi connectivity index (χ4n) is 2.58. The van der Waals surface area contributed by atoms with Crippen molar-refractivity contribution in [2.45, 2.75) is 19.4 Å². The Morgan fingerprint density at radius 2 is 1.93 bits per heavy atom. The number of ketones is 1. The van der Waals surface area contributed by atoms with Crippen molar-refractivity contribution in [2.24, 2.45) is 10.8 Å². The maximum atomic E-state index is 12.7. The molecule has 0 aliphatic heterocycles. The van der Waals surface area contributed by atoms with Crippen molar-refractivity contribution in [1.29, 1.82) is 0 Å². The smallest absolute Gasteiger partial charge is 0.169 e. The van der Waals surface area contributed by atoms with Crippen LogP contribution in [0.25, 0.3) is 0 Å². The van der Waals surface area contributed by atoms with E-state index >= 15 is 0 Å². The zero-order chi connectivity index (χ0) is 19.1. The molecule has 0 saturated carbocycles. The Bertz CT molecular complexity index is 908. The quantitative estimate of drug-likeness (QED) is 0.293. The molecule has 0 saturated heterocycles. The molecule has 0 aliphatic carbocycles. The summed E-state index contributed by atoms with van der Waals surface area (Å²) in [6.45, 7) is 1.99. The van der Waals surface area contributed by atoms with E-state index in [0.29, 0.717) is 11.3 Å². The SMILES string of the molecule is Cc1ccc(C(=O)CC(N/N=C(\N)c2ccccn2)c2cccnc2)cc1. The minimum atomic E-state index is -0.352. The van der Waals surface area contributed by atoms with Crippen LogP contribution in [0.15, 0.2) is 78.3 Å². The van der Waals surface area contributed by atoms with Gasteiger partial charge in [0.25, 0.3) is 0 Å². The lowest BCUT2D eigenvalue weighted by atomic mass is 9.99. The molecule has 6 nitrogen and oxygen atoms in total. The number of Topliss-reactive ketones (excluding diaryl/α,β-unsaturated/α-hetero) is 1. The number of nitrogens with zero attached hydrogens (tertiary/aromatic N) is 3. The van der Waals surface area contributed by atoms with Crippen molar-refractivity contribution in [2.75, 3.05) is 0 Å². The number of carbonyl (C=O) groups excluding carboxylic acids is 1. The van der Waals surface area contributed by atoms with E-state index in [1.54, 1.807) is 24.7 Å². The van der Waals surface area contributed by atoms with Crippen LogP contribution in [0, 0.1) is 6.92 Å². The highest BCUT2D eigenvalue weighted by atomic mass is 16.1. The van der Waals surface area contributed by atoms with Gasteiger partial charge < -0.3 is 5.73 Å². The van der Waals surface area contributed by atoms with Crippen molar-refractivity contribution >= 4 is 11.6 Å². The predicted octanol–water partition coefficient (Wildman–Crippen LogP) is 3.01. The molecule has 0 radical (unpaired) electrons. The van der Waals surface area contributed by atoms with Crippen LogP contribution >= 0.6 is 0 Å². The third-order valence-corrected chi connectivity index (χ3v) is 4.12. The lowest BCUT2D eigenvalue weighted by molar-refractivity contribution is 0.0968. The summed E-state index contributed by atoms with van der Waals surface area (Å²) < 4.78 is 0. The highest BCUT2D eigenvalue weighted by Crippen LogP contribution is 2.19. The molecular weight excluding hydrogens is 338 g/mol. The van der Waals surface area contributed by atoms with E-state index in [2.05, 4.69) is 20.5 Å². The van der Waals surface area contributed by atoms with Crippen LogP contribution in [0.5, 0.6) is 0 Å². The predicted molar refractivity (Wildman–Crippen MR) is 105 cm³/mol. The van der Waals surface area contributed by atoms with Gasteiger partial charge in [0.05, 0.1) is 6.04 Å². The van der Waals surface area contributed by atoms with Crippen LogP contribution < -0.4 is 11.2 Å². The number of aromatic nitrogens is 2. The zero-order valence-electron chi connectivity index (χ0n) is 15.0. The summed E-state index contributed by atoms with van der Waals surface area (Å²) in [4.78, 5) is 21.0. The molecule has 2 heterocycles. The van der Waals surface area contributed by atoms with Gasteiger partial charge in [0.2, 0.25) is 0 Å². The van der Waals surface area contributed by atoms with Crippen LogP contribution in [0.2, 0.25) is 0 Å². The Hall–Kier alpha value is -3.54. The Balaban J connectivity index is 1.79. The van der Waals surface area contributed by atoms with Crippen molar-refractivity contribution in [3.63, 3.8) is 0 Å². The maximum absolute atomic E-state index is 12.7. The number of rotatable bonds is 7. The monoisotopic (exact) mass is 359 g/mol. The zero-order valence-corrected chi connectivity index (χ0v) is 15.0. The molecule has 0 aliphatic rings. The van der Waals surface area contributed by atoms with Gasteiger partial charge >= 0.3 is 0 Å². The molecule has 0 fully saturated rings. The summed E-state index contributed by atoms with van der Waals surface area (Å²) in [6.07, 6.45) is 5.28. The third-order valence-electron chi connectivity index (χ3n) is 4.12. The number of pyridine rings is 2. The number of nitrogens with one attached hydrogen (secondary N) is 1. The molecule has 136 valence electrons. The molecule has 0 amide bonds. The molecule has 1 atom stereocenters. The number of amidine groups is 1. The van der Waals surface area contributed by atoms with Gasteiger partial charge in [-0.05, 0) is 30.7 Å². The van der Waals surface area contributed by atoms with Crippen LogP contribution in [0.1, 0.15) is 39.6 Å². The first-order valence-electron chi connectivity index (χ1n) is 8.63. The molecule has 3 N–H and O–H groups in total. The Labute approximate surface area is 158 Å². The van der Waals surface area contributed by atoms with Crippen LogP contribution in [0.3, 0.4) is 0 Å². The number of hydrogen-bond acceptors (Lipinski definition) is 5. The Morgan fingerprint density at radius 3 is 2.59 bits per heavy atom. The van der Waals surface area contributed by atoms with Gasteiger partial charge in [-0.25, -0.2) is 0 Å². The fourth-order valence-corrected chi connectivity index (χ4v) is 2.58. The largest absolute Gasteiger partial charge is 0.380 e. The second-order valence-corrected chi connectivity index (χ2v) is 6.17. The highest BCUT2D eigenvalue weighted by Gasteiger charge is 2.17. The van der Waals surface area contributed by atoms with Crippen LogP contribution in [-0.4, -0.2) is 21.6 Å². The average Bonchev–Trinajstić information content (AvgIpc) is 2.72. The minimum Gasteiger partial charge on any atom is -0.380 e. The van der Waals surface area contributed by atoms with Crippen molar-refractivity contribution in [3.05, 3.63) is 95.6 Å². The van der Waals surface area contributed by atoms with E-state index in [-0.39, 0.29) is 24.1 Å². The molecule has 1 aromatic carbocycles. The van der Waals surface area contributed by atoms with Crippen molar-refractivity contribution in [3.8, 4) is 0 Å². The Kier molecular flexibility index (Phi) is 5.89. The fraction of sp³-hybridized carbons (Fsp3) is 0.143. The van der Waals surface area contributed by atoms with Gasteiger partial charge in [-0.3, -0.25) is 20.2 Å². The number of benzene rings is 1. The molecule has 0 bridgehead atoms. The van der Waals surface area contributed by atoms with Crippen LogP contribution in [0.4, 0.5) is 0 Å². The number of nitrogens with two attached hydrogens (primary N) is 1. The van der Waals surface area contributed by atoms with Crippen molar-refractivity contribution in [1.82, 2.24) is 15.4 Å². The van der Waals surface area contributed by atoms with E-state index in [9.17, 15) is 4.79 Å². The first-order chi connectivity index (χ1) is 13.1. The average molecular weight is 359 g/mol. The molecule has 2 aromatic heterocycles. The summed E-state index contributed by atoms with van der Waals surface area (Å²) in [6, 6.07) is 16.3. The molecule has 27 heavy (non-hydrogen) atoms. The first-order valence-corrected chi connectivity index (χ1v) is 8.63. The van der Waals surface area contributed by atoms with Gasteiger partial charge in [0.1, 0.15) is 5.69 Å². The molecule has 1 unspecified atom stereocenters. The lowest BCUT2D eigenvalue weighted by Gasteiger charge is -2.16. The van der Waals surface area contributed by atoms with E-state index in [0.717, 1.165) is 11.1 Å². The molecular formula is C21H21N5O. The van der Waals surface area contributed by atoms with Crippen LogP contribution in [-0.2, 0) is 0 Å². The third kappa shape index (κ3) is 4.98. The molecule has 3 aromatic rings. The number of carbonyl (C=O) groups is 1. The topological polar surface area (TPSA) is 93.3 Å². The summed E-state index contributed by atoms with van der Waals surface area (Å²) in [7, 11) is 0. The summed E-state index contributed by atoms with van der Waals surface area (Å²) >= 11 is 0. The lowest BCUT2D eigenvalue weighted by Crippen LogP contribution is -2.25. The second kappa shape index (κ2) is 8.71. The normalized spacial score (nSPS) is 12.4. The Morgan fingerprint density at radius 1 is 1.11 bits per heavy atom. The number of aryl methyl sites for hydroxylation is 1. The van der Waals surface area contributed by atoms with E-state index < -0.39 is 0 Å². The number of hydrogen-bond donors (Lipinski definition) is 2.